The number of hydrogen-bond acceptors (Lipinski definition) is 5. The van der Waals surface area contributed by atoms with Gasteiger partial charge >= 0.3 is 5.97 Å². The van der Waals surface area contributed by atoms with E-state index >= 15 is 0 Å². The number of aromatic nitrogens is 2. The van der Waals surface area contributed by atoms with Gasteiger partial charge in [0.1, 0.15) is 5.75 Å². The number of carbonyl (C=O) groups is 2. The van der Waals surface area contributed by atoms with E-state index in [1.54, 1.807) is 48.9 Å². The van der Waals surface area contributed by atoms with E-state index in [4.69, 9.17) is 9.47 Å². The maximum atomic E-state index is 12.9. The summed E-state index contributed by atoms with van der Waals surface area (Å²) >= 11 is 0. The molecule has 25 heavy (non-hydrogen) atoms. The predicted octanol–water partition coefficient (Wildman–Crippen LogP) is 1.80. The summed E-state index contributed by atoms with van der Waals surface area (Å²) in [7, 11) is 3.26. The van der Waals surface area contributed by atoms with E-state index in [0.717, 1.165) is 11.3 Å². The number of nitrogens with zero attached hydrogens (tertiary/aromatic N) is 3. The monoisotopic (exact) mass is 343 g/mol. The van der Waals surface area contributed by atoms with Crippen LogP contribution in [0.5, 0.6) is 5.75 Å². The van der Waals surface area contributed by atoms with Crippen LogP contribution in [0, 0.1) is 0 Å². The smallest absolute Gasteiger partial charge is 0.356 e. The summed E-state index contributed by atoms with van der Waals surface area (Å²) in [6.45, 7) is 2.93. The molecule has 0 saturated heterocycles. The van der Waals surface area contributed by atoms with Crippen molar-refractivity contribution in [3.05, 3.63) is 46.8 Å². The summed E-state index contributed by atoms with van der Waals surface area (Å²) in [5.41, 5.74) is 2.52. The van der Waals surface area contributed by atoms with Crippen molar-refractivity contribution in [1.82, 2.24) is 14.7 Å². The van der Waals surface area contributed by atoms with E-state index in [1.165, 1.54) is 0 Å². The minimum absolute atomic E-state index is 0.123. The molecule has 1 amide bonds. The van der Waals surface area contributed by atoms with E-state index in [9.17, 15) is 9.59 Å². The van der Waals surface area contributed by atoms with Gasteiger partial charge in [-0.3, -0.25) is 9.48 Å². The van der Waals surface area contributed by atoms with Gasteiger partial charge in [-0.1, -0.05) is 12.1 Å². The Hall–Kier alpha value is -2.83. The normalized spacial score (nSPS) is 13.3. The topological polar surface area (TPSA) is 73.7 Å². The van der Waals surface area contributed by atoms with E-state index in [-0.39, 0.29) is 5.91 Å². The molecule has 1 aliphatic rings. The molecule has 2 heterocycles. The van der Waals surface area contributed by atoms with Crippen LogP contribution in [0.15, 0.2) is 24.3 Å². The van der Waals surface area contributed by atoms with E-state index in [2.05, 4.69) is 5.10 Å². The van der Waals surface area contributed by atoms with Crippen molar-refractivity contribution in [2.45, 2.75) is 19.9 Å². The summed E-state index contributed by atoms with van der Waals surface area (Å²) in [6, 6.07) is 7.13. The summed E-state index contributed by atoms with van der Waals surface area (Å²) in [5, 5.41) is 4.41. The second kappa shape index (κ2) is 6.96. The van der Waals surface area contributed by atoms with Crippen molar-refractivity contribution in [1.29, 1.82) is 0 Å². The van der Waals surface area contributed by atoms with Crippen LogP contribution in [-0.4, -0.2) is 46.8 Å². The third kappa shape index (κ3) is 3.09. The van der Waals surface area contributed by atoms with Crippen molar-refractivity contribution in [2.24, 2.45) is 7.05 Å². The van der Waals surface area contributed by atoms with Crippen LogP contribution in [-0.2, 0) is 24.8 Å². The van der Waals surface area contributed by atoms with Crippen LogP contribution in [0.2, 0.25) is 0 Å². The molecule has 0 atom stereocenters. The number of para-hydroxylation sites is 1. The van der Waals surface area contributed by atoms with Crippen molar-refractivity contribution in [3.8, 4) is 5.75 Å². The molecule has 0 N–H and O–H groups in total. The fraction of sp³-hybridized carbons (Fsp3) is 0.389. The van der Waals surface area contributed by atoms with Gasteiger partial charge in [-0.2, -0.15) is 5.10 Å². The third-order valence-electron chi connectivity index (χ3n) is 4.29. The molecule has 0 fully saturated rings. The summed E-state index contributed by atoms with van der Waals surface area (Å²) < 4.78 is 12.0. The van der Waals surface area contributed by atoms with Gasteiger partial charge in [0.25, 0.3) is 5.91 Å². The quantitative estimate of drug-likeness (QED) is 0.792. The minimum Gasteiger partial charge on any atom is -0.496 e. The van der Waals surface area contributed by atoms with Gasteiger partial charge in [0.2, 0.25) is 0 Å². The summed E-state index contributed by atoms with van der Waals surface area (Å²) in [4.78, 5) is 26.9. The second-order valence-corrected chi connectivity index (χ2v) is 5.79. The van der Waals surface area contributed by atoms with Crippen LogP contribution in [0.4, 0.5) is 0 Å². The maximum Gasteiger partial charge on any atom is 0.356 e. The van der Waals surface area contributed by atoms with Gasteiger partial charge in [-0.15, -0.1) is 0 Å². The Balaban J connectivity index is 1.90. The number of hydrogen-bond donors (Lipinski definition) is 0. The molecule has 0 saturated carbocycles. The Morgan fingerprint density at radius 3 is 2.76 bits per heavy atom. The lowest BCUT2D eigenvalue weighted by Crippen LogP contribution is -2.36. The highest BCUT2D eigenvalue weighted by atomic mass is 16.5. The predicted molar refractivity (Wildman–Crippen MR) is 90.6 cm³/mol. The Labute approximate surface area is 146 Å². The van der Waals surface area contributed by atoms with Gasteiger partial charge in [0.15, 0.2) is 5.69 Å². The lowest BCUT2D eigenvalue weighted by atomic mass is 10.0. The van der Waals surface area contributed by atoms with Gasteiger partial charge < -0.3 is 14.4 Å². The largest absolute Gasteiger partial charge is 0.496 e. The molecular weight excluding hydrogens is 322 g/mol. The number of ether oxygens (including phenoxy) is 2. The zero-order chi connectivity index (χ0) is 18.0. The first kappa shape index (κ1) is 17.0. The molecule has 1 aromatic heterocycles. The van der Waals surface area contributed by atoms with Gasteiger partial charge in [0, 0.05) is 25.6 Å². The lowest BCUT2D eigenvalue weighted by Gasteiger charge is -2.27. The molecule has 1 aliphatic heterocycles. The highest BCUT2D eigenvalue weighted by Gasteiger charge is 2.31. The van der Waals surface area contributed by atoms with Crippen molar-refractivity contribution < 1.29 is 19.1 Å². The first-order chi connectivity index (χ1) is 12.1. The number of carbonyl (C=O) groups excluding carboxylic acids is 2. The molecule has 0 spiro atoms. The molecule has 0 radical (unpaired) electrons. The van der Waals surface area contributed by atoms with Gasteiger partial charge in [-0.05, 0) is 19.1 Å². The lowest BCUT2D eigenvalue weighted by molar-refractivity contribution is 0.0508. The Morgan fingerprint density at radius 1 is 1.28 bits per heavy atom. The average Bonchev–Trinajstić information content (AvgIpc) is 2.96. The number of fused-ring (bicyclic) bond motifs is 1. The molecule has 0 unspecified atom stereocenters. The molecule has 3 rings (SSSR count). The van der Waals surface area contributed by atoms with E-state index in [1.807, 2.05) is 6.07 Å². The number of aryl methyl sites for hydroxylation is 1. The van der Waals surface area contributed by atoms with Crippen LogP contribution in [0.25, 0.3) is 0 Å². The van der Waals surface area contributed by atoms with Crippen molar-refractivity contribution in [3.63, 3.8) is 0 Å². The Kier molecular flexibility index (Phi) is 4.74. The SMILES string of the molecule is CCOC(=O)c1c2c(nn1C)CCN(C(=O)c1ccccc1OC)C2. The molecular formula is C18H21N3O4. The zero-order valence-corrected chi connectivity index (χ0v) is 14.6. The summed E-state index contributed by atoms with van der Waals surface area (Å²) in [6.07, 6.45) is 0.601. The molecule has 1 aromatic carbocycles. The van der Waals surface area contributed by atoms with Gasteiger partial charge in [0.05, 0.1) is 31.5 Å². The first-order valence-corrected chi connectivity index (χ1v) is 8.21. The standard InChI is InChI=1S/C18H21N3O4/c1-4-25-18(23)16-13-11-21(10-9-14(13)19-20(16)2)17(22)12-7-5-6-8-15(12)24-3/h5-8H,4,9-11H2,1-3H3. The number of amides is 1. The summed E-state index contributed by atoms with van der Waals surface area (Å²) in [5.74, 6) is 0.00204. The molecule has 132 valence electrons. The Bertz CT molecular complexity index is 813. The number of esters is 1. The average molecular weight is 343 g/mol. The van der Waals surface area contributed by atoms with Crippen LogP contribution in [0.1, 0.15) is 39.0 Å². The highest BCUT2D eigenvalue weighted by molar-refractivity contribution is 5.97. The van der Waals surface area contributed by atoms with Crippen LogP contribution in [0.3, 0.4) is 0 Å². The van der Waals surface area contributed by atoms with Crippen molar-refractivity contribution >= 4 is 11.9 Å². The molecule has 7 heteroatoms. The second-order valence-electron chi connectivity index (χ2n) is 5.79. The van der Waals surface area contributed by atoms with Crippen LogP contribution < -0.4 is 4.74 Å². The number of benzene rings is 1. The van der Waals surface area contributed by atoms with E-state index < -0.39 is 5.97 Å². The first-order valence-electron chi connectivity index (χ1n) is 8.21. The maximum absolute atomic E-state index is 12.9. The number of rotatable bonds is 4. The minimum atomic E-state index is -0.412. The van der Waals surface area contributed by atoms with Crippen molar-refractivity contribution in [2.75, 3.05) is 20.3 Å². The highest BCUT2D eigenvalue weighted by Crippen LogP contribution is 2.26. The fourth-order valence-electron chi connectivity index (χ4n) is 3.12. The van der Waals surface area contributed by atoms with Crippen LogP contribution >= 0.6 is 0 Å². The number of methoxy groups -OCH3 is 1. The molecule has 2 aromatic rings. The fourth-order valence-corrected chi connectivity index (χ4v) is 3.12. The molecule has 0 bridgehead atoms. The van der Waals surface area contributed by atoms with E-state index in [0.29, 0.717) is 43.1 Å². The zero-order valence-electron chi connectivity index (χ0n) is 14.6. The third-order valence-corrected chi connectivity index (χ3v) is 4.29. The van der Waals surface area contributed by atoms with Gasteiger partial charge in [-0.25, -0.2) is 4.79 Å². The molecule has 0 aliphatic carbocycles. The molecule has 7 nitrogen and oxygen atoms in total. The Morgan fingerprint density at radius 2 is 2.04 bits per heavy atom.